The molecule has 1 atom stereocenters. The minimum absolute atomic E-state index is 0.190. The Morgan fingerprint density at radius 2 is 2.00 bits per heavy atom. The fourth-order valence-corrected chi connectivity index (χ4v) is 3.86. The zero-order chi connectivity index (χ0) is 21.8. The van der Waals surface area contributed by atoms with Crippen LogP contribution in [0.2, 0.25) is 10.0 Å². The van der Waals surface area contributed by atoms with Crippen LogP contribution in [0.3, 0.4) is 0 Å². The predicted molar refractivity (Wildman–Crippen MR) is 124 cm³/mol. The number of carbonyl (C=O) groups excluding carboxylic acids is 1. The van der Waals surface area contributed by atoms with Crippen molar-refractivity contribution < 1.29 is 4.79 Å². The van der Waals surface area contributed by atoms with Crippen molar-refractivity contribution in [3.63, 3.8) is 0 Å². The number of anilines is 1. The minimum atomic E-state index is -0.323. The number of aromatic nitrogens is 2. The Labute approximate surface area is 185 Å². The van der Waals surface area contributed by atoms with Gasteiger partial charge in [-0.05, 0) is 30.0 Å². The van der Waals surface area contributed by atoms with Crippen molar-refractivity contribution in [3.8, 4) is 11.1 Å². The van der Waals surface area contributed by atoms with Crippen molar-refractivity contribution in [2.75, 3.05) is 12.3 Å². The molecular weight excluding hydrogens is 423 g/mol. The van der Waals surface area contributed by atoms with Gasteiger partial charge in [0, 0.05) is 24.4 Å². The number of benzene rings is 1. The first-order valence-corrected chi connectivity index (χ1v) is 10.9. The smallest absolute Gasteiger partial charge is 0.259 e. The Hall–Kier alpha value is -2.44. The number of nitrogen functional groups attached to an aromatic ring is 1. The predicted octanol–water partition coefficient (Wildman–Crippen LogP) is 5.13. The average molecular weight is 449 g/mol. The summed E-state index contributed by atoms with van der Waals surface area (Å²) < 4.78 is 1.39. The number of nitrogens with two attached hydrogens (primary N) is 1. The Kier molecular flexibility index (Phi) is 7.10. The summed E-state index contributed by atoms with van der Waals surface area (Å²) >= 11 is 12.2. The summed E-state index contributed by atoms with van der Waals surface area (Å²) in [5, 5.41) is 3.82. The van der Waals surface area contributed by atoms with E-state index in [0.717, 1.165) is 25.7 Å². The number of nitrogens with one attached hydrogen (secondary N) is 2. The minimum Gasteiger partial charge on any atom is -0.385 e. The maximum Gasteiger partial charge on any atom is 0.259 e. The highest BCUT2D eigenvalue weighted by molar-refractivity contribution is 6.42. The molecule has 0 bridgehead atoms. The molecule has 3 rings (SSSR count). The van der Waals surface area contributed by atoms with Crippen LogP contribution in [0.4, 0.5) is 5.82 Å². The summed E-state index contributed by atoms with van der Waals surface area (Å²) in [6, 6.07) is 6.39. The average Bonchev–Trinajstić information content (AvgIpc) is 3.09. The van der Waals surface area contributed by atoms with Gasteiger partial charge >= 0.3 is 0 Å². The summed E-state index contributed by atoms with van der Waals surface area (Å²) in [5.41, 5.74) is 7.48. The second kappa shape index (κ2) is 9.58. The normalized spacial score (nSPS) is 12.3. The maximum absolute atomic E-state index is 13.2. The molecule has 1 aromatic carbocycles. The quantitative estimate of drug-likeness (QED) is 0.445. The van der Waals surface area contributed by atoms with Crippen molar-refractivity contribution in [2.45, 2.75) is 39.5 Å². The maximum atomic E-state index is 13.2. The standard InChI is InChI=1S/C22H26Cl2N4O2/c1-3-5-6-13(4-2)11-26-22(30)20-15(14-7-8-16(23)17(24)9-14)12-28-19(29)10-18(25)27-21(20)28/h7-10,12-13,27H,3-6,11,25H2,1-2H3,(H,26,30). The molecule has 2 heterocycles. The molecule has 0 spiro atoms. The molecule has 0 radical (unpaired) electrons. The number of aromatic amines is 1. The van der Waals surface area contributed by atoms with E-state index in [1.54, 1.807) is 24.4 Å². The lowest BCUT2D eigenvalue weighted by Crippen LogP contribution is -2.29. The number of halogens is 2. The highest BCUT2D eigenvalue weighted by Gasteiger charge is 2.22. The van der Waals surface area contributed by atoms with Gasteiger partial charge in [0.25, 0.3) is 11.5 Å². The highest BCUT2D eigenvalue weighted by atomic mass is 35.5. The molecule has 1 amide bonds. The van der Waals surface area contributed by atoms with Gasteiger partial charge in [-0.15, -0.1) is 0 Å². The second-order valence-electron chi connectivity index (χ2n) is 7.45. The molecule has 6 nitrogen and oxygen atoms in total. The number of rotatable bonds is 8. The topological polar surface area (TPSA) is 92.4 Å². The van der Waals surface area contributed by atoms with Gasteiger partial charge in [-0.25, -0.2) is 0 Å². The third-order valence-corrected chi connectivity index (χ3v) is 6.08. The molecule has 4 N–H and O–H groups in total. The summed E-state index contributed by atoms with van der Waals surface area (Å²) in [6.07, 6.45) is 5.92. The number of carbonyl (C=O) groups is 1. The third kappa shape index (κ3) is 4.65. The van der Waals surface area contributed by atoms with Crippen molar-refractivity contribution in [1.29, 1.82) is 0 Å². The van der Waals surface area contributed by atoms with Crippen LogP contribution >= 0.6 is 23.2 Å². The summed E-state index contributed by atoms with van der Waals surface area (Å²) in [5.74, 6) is 0.324. The Balaban J connectivity index is 2.05. The number of H-pyrrole nitrogens is 1. The molecule has 0 aliphatic rings. The molecule has 0 saturated carbocycles. The number of nitrogens with zero attached hydrogens (tertiary/aromatic N) is 1. The number of hydrogen-bond acceptors (Lipinski definition) is 3. The van der Waals surface area contributed by atoms with Crippen LogP contribution in [0.15, 0.2) is 35.3 Å². The number of fused-ring (bicyclic) bond motifs is 1. The fraction of sp³-hybridized carbons (Fsp3) is 0.364. The fourth-order valence-electron chi connectivity index (χ4n) is 3.56. The van der Waals surface area contributed by atoms with Crippen LogP contribution in [0.5, 0.6) is 0 Å². The molecule has 1 unspecified atom stereocenters. The van der Waals surface area contributed by atoms with Crippen LogP contribution in [0.1, 0.15) is 49.9 Å². The Bertz CT molecular complexity index is 1120. The summed E-state index contributed by atoms with van der Waals surface area (Å²) in [4.78, 5) is 28.6. The van der Waals surface area contributed by atoms with Gasteiger partial charge in [0.1, 0.15) is 11.5 Å². The lowest BCUT2D eigenvalue weighted by molar-refractivity contribution is 0.0948. The molecule has 30 heavy (non-hydrogen) atoms. The van der Waals surface area contributed by atoms with E-state index in [2.05, 4.69) is 24.1 Å². The first-order chi connectivity index (χ1) is 14.3. The van der Waals surface area contributed by atoms with Crippen LogP contribution in [-0.2, 0) is 0 Å². The molecule has 160 valence electrons. The van der Waals surface area contributed by atoms with E-state index in [0.29, 0.717) is 44.8 Å². The largest absolute Gasteiger partial charge is 0.385 e. The molecule has 0 aliphatic heterocycles. The van der Waals surface area contributed by atoms with Gasteiger partial charge < -0.3 is 16.0 Å². The van der Waals surface area contributed by atoms with Crippen molar-refractivity contribution in [1.82, 2.24) is 14.7 Å². The van der Waals surface area contributed by atoms with E-state index in [4.69, 9.17) is 28.9 Å². The van der Waals surface area contributed by atoms with E-state index in [1.807, 2.05) is 0 Å². The molecule has 0 aliphatic carbocycles. The molecule has 8 heteroatoms. The van der Waals surface area contributed by atoms with Crippen LogP contribution in [-0.4, -0.2) is 21.8 Å². The Morgan fingerprint density at radius 3 is 2.67 bits per heavy atom. The zero-order valence-corrected chi connectivity index (χ0v) is 18.6. The lowest BCUT2D eigenvalue weighted by Gasteiger charge is -2.15. The number of amides is 1. The first-order valence-electron chi connectivity index (χ1n) is 10.1. The van der Waals surface area contributed by atoms with Crippen molar-refractivity contribution in [2.24, 2.45) is 5.92 Å². The second-order valence-corrected chi connectivity index (χ2v) is 8.27. The highest BCUT2D eigenvalue weighted by Crippen LogP contribution is 2.32. The molecule has 2 aromatic heterocycles. The van der Waals surface area contributed by atoms with Gasteiger partial charge in [0.15, 0.2) is 0 Å². The summed E-state index contributed by atoms with van der Waals surface area (Å²) in [6.45, 7) is 4.85. The lowest BCUT2D eigenvalue weighted by atomic mass is 9.99. The van der Waals surface area contributed by atoms with Gasteiger partial charge in [-0.3, -0.25) is 14.0 Å². The van der Waals surface area contributed by atoms with Crippen molar-refractivity contribution >= 4 is 40.6 Å². The van der Waals surface area contributed by atoms with E-state index in [9.17, 15) is 9.59 Å². The van der Waals surface area contributed by atoms with Crippen LogP contribution < -0.4 is 16.6 Å². The SMILES string of the molecule is CCCCC(CC)CNC(=O)c1c(-c2ccc(Cl)c(Cl)c2)cn2c(=O)cc(N)[nH]c12. The molecule has 3 aromatic rings. The van der Waals surface area contributed by atoms with Gasteiger partial charge in [0.05, 0.1) is 15.6 Å². The number of unbranched alkanes of at least 4 members (excludes halogenated alkanes) is 1. The van der Waals surface area contributed by atoms with Gasteiger partial charge in [-0.2, -0.15) is 0 Å². The van der Waals surface area contributed by atoms with Crippen molar-refractivity contribution in [3.05, 3.63) is 56.4 Å². The van der Waals surface area contributed by atoms with E-state index in [-0.39, 0.29) is 17.3 Å². The van der Waals surface area contributed by atoms with E-state index >= 15 is 0 Å². The van der Waals surface area contributed by atoms with Gasteiger partial charge in [-0.1, -0.05) is 62.4 Å². The third-order valence-electron chi connectivity index (χ3n) is 5.34. The summed E-state index contributed by atoms with van der Waals surface area (Å²) in [7, 11) is 0. The molecule has 0 fully saturated rings. The molecule has 0 saturated heterocycles. The first kappa shape index (κ1) is 22.2. The molecular formula is C22H26Cl2N4O2. The zero-order valence-electron chi connectivity index (χ0n) is 17.1. The van der Waals surface area contributed by atoms with Crippen LogP contribution in [0, 0.1) is 5.92 Å². The number of hydrogen-bond donors (Lipinski definition) is 3. The van der Waals surface area contributed by atoms with Gasteiger partial charge in [0.2, 0.25) is 0 Å². The monoisotopic (exact) mass is 448 g/mol. The van der Waals surface area contributed by atoms with E-state index in [1.165, 1.54) is 10.5 Å². The van der Waals surface area contributed by atoms with Crippen LogP contribution in [0.25, 0.3) is 16.8 Å². The van der Waals surface area contributed by atoms with E-state index < -0.39 is 0 Å². The Morgan fingerprint density at radius 1 is 1.23 bits per heavy atom.